The lowest BCUT2D eigenvalue weighted by atomic mass is 10.2. The molecule has 0 amide bonds. The van der Waals surface area contributed by atoms with E-state index in [1.54, 1.807) is 30.6 Å². The maximum Gasteiger partial charge on any atom is 0.274 e. The molecule has 3 aromatic heterocycles. The SMILES string of the molecule is COc1cc(C=c2sc3nc(-c4ccnc(C)c4)cn3c2=O)cc(Cl)c1O. The largest absolute Gasteiger partial charge is 0.503 e. The molecule has 0 aliphatic carbocycles. The summed E-state index contributed by atoms with van der Waals surface area (Å²) in [5.41, 5.74) is 3.02. The monoisotopic (exact) mass is 399 g/mol. The number of ether oxygens (including phenoxy) is 1. The van der Waals surface area contributed by atoms with E-state index in [-0.39, 0.29) is 22.1 Å². The third-order valence-corrected chi connectivity index (χ3v) is 5.34. The van der Waals surface area contributed by atoms with Crippen molar-refractivity contribution >= 4 is 34.0 Å². The highest BCUT2D eigenvalue weighted by Gasteiger charge is 2.12. The first-order valence-electron chi connectivity index (χ1n) is 7.99. The third-order valence-electron chi connectivity index (χ3n) is 4.07. The molecule has 6 nitrogen and oxygen atoms in total. The van der Waals surface area contributed by atoms with Gasteiger partial charge in [-0.25, -0.2) is 4.98 Å². The van der Waals surface area contributed by atoms with Crippen LogP contribution in [0.25, 0.3) is 22.3 Å². The van der Waals surface area contributed by atoms with Gasteiger partial charge in [0.15, 0.2) is 16.5 Å². The van der Waals surface area contributed by atoms with Gasteiger partial charge < -0.3 is 9.84 Å². The van der Waals surface area contributed by atoms with Crippen molar-refractivity contribution in [3.8, 4) is 22.8 Å². The summed E-state index contributed by atoms with van der Waals surface area (Å²) in [5.74, 6) is 0.120. The van der Waals surface area contributed by atoms with Gasteiger partial charge in [0.05, 0.1) is 22.4 Å². The normalized spacial score (nSPS) is 12.0. The number of benzene rings is 1. The van der Waals surface area contributed by atoms with Gasteiger partial charge in [-0.15, -0.1) is 0 Å². The van der Waals surface area contributed by atoms with Gasteiger partial charge in [-0.2, -0.15) is 0 Å². The Kier molecular flexibility index (Phi) is 4.33. The Labute approximate surface area is 163 Å². The lowest BCUT2D eigenvalue weighted by molar-refractivity contribution is 0.373. The zero-order chi connectivity index (χ0) is 19.1. The second-order valence-corrected chi connectivity index (χ2v) is 7.35. The summed E-state index contributed by atoms with van der Waals surface area (Å²) < 4.78 is 7.14. The lowest BCUT2D eigenvalue weighted by Gasteiger charge is -2.05. The van der Waals surface area contributed by atoms with E-state index < -0.39 is 0 Å². The number of rotatable bonds is 3. The fraction of sp³-hybridized carbons (Fsp3) is 0.105. The van der Waals surface area contributed by atoms with E-state index in [1.165, 1.54) is 22.8 Å². The number of phenols is 1. The maximum atomic E-state index is 12.7. The summed E-state index contributed by atoms with van der Waals surface area (Å²) in [6.07, 6.45) is 5.15. The number of thiazole rings is 1. The number of pyridine rings is 1. The van der Waals surface area contributed by atoms with Crippen molar-refractivity contribution in [2.45, 2.75) is 6.92 Å². The second kappa shape index (κ2) is 6.68. The number of aromatic hydroxyl groups is 1. The molecular weight excluding hydrogens is 386 g/mol. The number of hydrogen-bond donors (Lipinski definition) is 1. The molecule has 3 heterocycles. The maximum absolute atomic E-state index is 12.7. The third kappa shape index (κ3) is 3.15. The molecule has 136 valence electrons. The predicted molar refractivity (Wildman–Crippen MR) is 106 cm³/mol. The average molecular weight is 400 g/mol. The van der Waals surface area contributed by atoms with Crippen LogP contribution in [0.15, 0.2) is 41.5 Å². The summed E-state index contributed by atoms with van der Waals surface area (Å²) in [6, 6.07) is 6.98. The van der Waals surface area contributed by atoms with E-state index in [1.807, 2.05) is 19.1 Å². The van der Waals surface area contributed by atoms with E-state index >= 15 is 0 Å². The van der Waals surface area contributed by atoms with Gasteiger partial charge in [0.1, 0.15) is 0 Å². The van der Waals surface area contributed by atoms with Crippen molar-refractivity contribution < 1.29 is 9.84 Å². The molecular formula is C19H14ClN3O3S. The van der Waals surface area contributed by atoms with E-state index in [4.69, 9.17) is 16.3 Å². The summed E-state index contributed by atoms with van der Waals surface area (Å²) in [4.78, 5) is 22.1. The Hall–Kier alpha value is -2.90. The molecule has 27 heavy (non-hydrogen) atoms. The molecule has 0 radical (unpaired) electrons. The van der Waals surface area contributed by atoms with Gasteiger partial charge in [-0.1, -0.05) is 22.9 Å². The smallest absolute Gasteiger partial charge is 0.274 e. The highest BCUT2D eigenvalue weighted by molar-refractivity contribution is 7.15. The summed E-state index contributed by atoms with van der Waals surface area (Å²) >= 11 is 7.30. The zero-order valence-corrected chi connectivity index (χ0v) is 16.0. The summed E-state index contributed by atoms with van der Waals surface area (Å²) in [7, 11) is 1.44. The summed E-state index contributed by atoms with van der Waals surface area (Å²) in [5, 5.41) is 9.99. The Morgan fingerprint density at radius 2 is 2.15 bits per heavy atom. The molecule has 0 aliphatic heterocycles. The van der Waals surface area contributed by atoms with Crippen molar-refractivity contribution in [3.63, 3.8) is 0 Å². The Balaban J connectivity index is 1.82. The van der Waals surface area contributed by atoms with Crippen molar-refractivity contribution in [2.24, 2.45) is 0 Å². The van der Waals surface area contributed by atoms with Crippen molar-refractivity contribution in [3.05, 3.63) is 67.8 Å². The van der Waals surface area contributed by atoms with Gasteiger partial charge in [-0.3, -0.25) is 14.2 Å². The first kappa shape index (κ1) is 17.5. The Bertz CT molecular complexity index is 1280. The van der Waals surface area contributed by atoms with Gasteiger partial charge >= 0.3 is 0 Å². The molecule has 0 bridgehead atoms. The molecule has 0 saturated carbocycles. The number of hydrogen-bond acceptors (Lipinski definition) is 6. The van der Waals surface area contributed by atoms with Crippen LogP contribution in [0.5, 0.6) is 11.5 Å². The zero-order valence-electron chi connectivity index (χ0n) is 14.4. The highest BCUT2D eigenvalue weighted by Crippen LogP contribution is 2.35. The van der Waals surface area contributed by atoms with Crippen LogP contribution in [0.3, 0.4) is 0 Å². The van der Waals surface area contributed by atoms with Crippen LogP contribution in [-0.4, -0.2) is 26.6 Å². The predicted octanol–water partition coefficient (Wildman–Crippen LogP) is 3.04. The van der Waals surface area contributed by atoms with Gasteiger partial charge in [0.2, 0.25) is 0 Å². The molecule has 0 unspecified atom stereocenters. The van der Waals surface area contributed by atoms with Crippen molar-refractivity contribution in [1.82, 2.24) is 14.4 Å². The standard InChI is InChI=1S/C19H14ClN3O3S/c1-10-5-12(3-4-21-10)14-9-23-18(25)16(27-19(23)22-14)8-11-6-13(20)17(24)15(7-11)26-2/h3-9,24H,1-2H3. The molecule has 1 N–H and O–H groups in total. The highest BCUT2D eigenvalue weighted by atomic mass is 35.5. The number of imidazole rings is 1. The number of fused-ring (bicyclic) bond motifs is 1. The number of phenolic OH excluding ortho intramolecular Hbond substituents is 1. The van der Waals surface area contributed by atoms with Crippen LogP contribution < -0.4 is 14.8 Å². The topological polar surface area (TPSA) is 76.7 Å². The minimum absolute atomic E-state index is 0.128. The van der Waals surface area contributed by atoms with Gasteiger partial charge in [0.25, 0.3) is 5.56 Å². The number of aryl methyl sites for hydroxylation is 1. The average Bonchev–Trinajstić information content (AvgIpc) is 3.18. The minimum atomic E-state index is -0.164. The number of aromatic nitrogens is 3. The molecule has 0 fully saturated rings. The fourth-order valence-electron chi connectivity index (χ4n) is 2.76. The Morgan fingerprint density at radius 1 is 1.33 bits per heavy atom. The van der Waals surface area contributed by atoms with Crippen LogP contribution in [-0.2, 0) is 0 Å². The molecule has 0 aliphatic rings. The molecule has 4 rings (SSSR count). The number of halogens is 1. The number of methoxy groups -OCH3 is 1. The van der Waals surface area contributed by atoms with Crippen LogP contribution in [0.1, 0.15) is 11.3 Å². The molecule has 1 aromatic carbocycles. The van der Waals surface area contributed by atoms with Gasteiger partial charge in [0, 0.05) is 23.7 Å². The van der Waals surface area contributed by atoms with Crippen molar-refractivity contribution in [1.29, 1.82) is 0 Å². The molecule has 0 saturated heterocycles. The molecule has 8 heteroatoms. The van der Waals surface area contributed by atoms with E-state index in [0.717, 1.165) is 17.0 Å². The first-order chi connectivity index (χ1) is 13.0. The molecule has 0 atom stereocenters. The summed E-state index contributed by atoms with van der Waals surface area (Å²) in [6.45, 7) is 1.91. The number of nitrogens with zero attached hydrogens (tertiary/aromatic N) is 3. The van der Waals surface area contributed by atoms with E-state index in [2.05, 4.69) is 9.97 Å². The first-order valence-corrected chi connectivity index (χ1v) is 9.19. The van der Waals surface area contributed by atoms with Crippen LogP contribution in [0, 0.1) is 6.92 Å². The van der Waals surface area contributed by atoms with Crippen molar-refractivity contribution in [2.75, 3.05) is 7.11 Å². The fourth-order valence-corrected chi connectivity index (χ4v) is 3.94. The Morgan fingerprint density at radius 3 is 2.85 bits per heavy atom. The van der Waals surface area contributed by atoms with E-state index in [0.29, 0.717) is 15.1 Å². The van der Waals surface area contributed by atoms with Gasteiger partial charge in [-0.05, 0) is 42.8 Å². The van der Waals surface area contributed by atoms with Crippen LogP contribution in [0.2, 0.25) is 5.02 Å². The second-order valence-electron chi connectivity index (χ2n) is 5.93. The quantitative estimate of drug-likeness (QED) is 0.573. The minimum Gasteiger partial charge on any atom is -0.503 e. The van der Waals surface area contributed by atoms with Crippen LogP contribution >= 0.6 is 22.9 Å². The molecule has 0 spiro atoms. The molecule has 4 aromatic rings. The van der Waals surface area contributed by atoms with Crippen LogP contribution in [0.4, 0.5) is 0 Å². The lowest BCUT2D eigenvalue weighted by Crippen LogP contribution is -2.22. The van der Waals surface area contributed by atoms with E-state index in [9.17, 15) is 9.90 Å².